The van der Waals surface area contributed by atoms with Crippen LogP contribution in [0.25, 0.3) is 5.70 Å². The van der Waals surface area contributed by atoms with Gasteiger partial charge in [-0.2, -0.15) is 0 Å². The maximum absolute atomic E-state index is 13.4. The van der Waals surface area contributed by atoms with E-state index in [1.807, 2.05) is 39.2 Å². The summed E-state index contributed by atoms with van der Waals surface area (Å²) in [7, 11) is 5.76. The van der Waals surface area contributed by atoms with Gasteiger partial charge in [-0.05, 0) is 62.9 Å². The number of anilines is 1. The highest BCUT2D eigenvalue weighted by molar-refractivity contribution is 7.12. The third kappa shape index (κ3) is 6.42. The molecule has 2 aromatic rings. The molecule has 5 rings (SSSR count). The number of likely N-dealkylation sites (N-methyl/N-ethyl adjacent to an activating group) is 1. The summed E-state index contributed by atoms with van der Waals surface area (Å²) in [6.07, 6.45) is 6.72. The fraction of sp³-hybridized carbons (Fsp3) is 0.552. The Bertz CT molecular complexity index is 1260. The normalized spacial score (nSPS) is 24.9. The van der Waals surface area contributed by atoms with Crippen LogP contribution in [-0.2, 0) is 29.0 Å². The molecule has 8 nitrogen and oxygen atoms in total. The van der Waals surface area contributed by atoms with Crippen molar-refractivity contribution in [1.29, 1.82) is 0 Å². The van der Waals surface area contributed by atoms with E-state index in [0.717, 1.165) is 60.7 Å². The van der Waals surface area contributed by atoms with Crippen LogP contribution in [0.5, 0.6) is 0 Å². The standard InChI is InChI=1S/C29H39ClN6O2S/c1-5-20(29-34-23-10-11-36(4)16-26(23)39-29)31-24-12-17(13-27(37)35(2)3)6-8-22(24)33-28(38)25-15-18-14-19(30)7-9-21(18)32-25/h5,7,9,14,17,22,24-25,31-32H,6,8,10-13,15-16H2,1-4H3,(H,33,38)/b20-5-/t17-,22-,24+,25?/m0/s1. The first-order chi connectivity index (χ1) is 18.7. The molecule has 0 spiro atoms. The van der Waals surface area contributed by atoms with Gasteiger partial charge in [0.1, 0.15) is 11.0 Å². The minimum atomic E-state index is -0.323. The van der Waals surface area contributed by atoms with Crippen molar-refractivity contribution in [2.45, 2.75) is 70.1 Å². The summed E-state index contributed by atoms with van der Waals surface area (Å²) in [5.74, 6) is 0.408. The lowest BCUT2D eigenvalue weighted by Gasteiger charge is -2.38. The van der Waals surface area contributed by atoms with E-state index in [1.165, 1.54) is 10.6 Å². The Hall–Kier alpha value is -2.62. The van der Waals surface area contributed by atoms with Crippen LogP contribution >= 0.6 is 22.9 Å². The molecule has 210 valence electrons. The third-order valence-electron chi connectivity index (χ3n) is 8.17. The van der Waals surface area contributed by atoms with Gasteiger partial charge in [0.2, 0.25) is 11.8 Å². The molecule has 3 aliphatic rings. The van der Waals surface area contributed by atoms with Crippen LogP contribution in [0.2, 0.25) is 5.02 Å². The van der Waals surface area contributed by atoms with Crippen LogP contribution in [-0.4, -0.2) is 72.4 Å². The molecular weight excluding hydrogens is 532 g/mol. The summed E-state index contributed by atoms with van der Waals surface area (Å²) in [5.41, 5.74) is 4.23. The summed E-state index contributed by atoms with van der Waals surface area (Å²) >= 11 is 7.92. The van der Waals surface area contributed by atoms with Gasteiger partial charge in [0.15, 0.2) is 0 Å². The monoisotopic (exact) mass is 570 g/mol. The summed E-state index contributed by atoms with van der Waals surface area (Å²) in [4.78, 5) is 36.2. The van der Waals surface area contributed by atoms with Gasteiger partial charge in [0.05, 0.1) is 11.4 Å². The van der Waals surface area contributed by atoms with E-state index in [-0.39, 0.29) is 35.9 Å². The second-order valence-electron chi connectivity index (χ2n) is 11.3. The molecule has 1 aromatic carbocycles. The molecule has 1 aromatic heterocycles. The Morgan fingerprint density at radius 3 is 2.85 bits per heavy atom. The molecule has 0 saturated heterocycles. The van der Waals surface area contributed by atoms with Gasteiger partial charge in [0, 0.05) is 74.1 Å². The molecule has 0 radical (unpaired) electrons. The van der Waals surface area contributed by atoms with Gasteiger partial charge in [0.25, 0.3) is 0 Å². The zero-order valence-electron chi connectivity index (χ0n) is 23.2. The van der Waals surface area contributed by atoms with Crippen molar-refractivity contribution in [2.24, 2.45) is 5.92 Å². The van der Waals surface area contributed by atoms with E-state index >= 15 is 0 Å². The SMILES string of the molecule is C/C=C(\N[C@@H]1C[C@@H](CC(=O)N(C)C)CC[C@@H]1NC(=O)C1Cc2cc(Cl)ccc2N1)c1nc2c(s1)CN(C)CC2. The molecular formula is C29H39ClN6O2S. The Labute approximate surface area is 240 Å². The number of allylic oxidation sites excluding steroid dienone is 1. The number of thiazole rings is 1. The highest BCUT2D eigenvalue weighted by atomic mass is 35.5. The smallest absolute Gasteiger partial charge is 0.243 e. The number of benzene rings is 1. The molecule has 1 saturated carbocycles. The fourth-order valence-corrected chi connectivity index (χ4v) is 7.30. The Morgan fingerprint density at radius 1 is 1.26 bits per heavy atom. The number of nitrogens with zero attached hydrogens (tertiary/aromatic N) is 3. The predicted molar refractivity (Wildman–Crippen MR) is 158 cm³/mol. The number of hydrogen-bond donors (Lipinski definition) is 3. The fourth-order valence-electron chi connectivity index (χ4n) is 5.88. The second-order valence-corrected chi connectivity index (χ2v) is 12.8. The lowest BCUT2D eigenvalue weighted by atomic mass is 9.80. The molecule has 1 fully saturated rings. The summed E-state index contributed by atoms with van der Waals surface area (Å²) in [6, 6.07) is 5.33. The molecule has 10 heteroatoms. The van der Waals surface area contributed by atoms with Gasteiger partial charge in [-0.3, -0.25) is 9.59 Å². The lowest BCUT2D eigenvalue weighted by molar-refractivity contribution is -0.130. The largest absolute Gasteiger partial charge is 0.378 e. The number of hydrogen-bond acceptors (Lipinski definition) is 7. The number of amides is 2. The minimum Gasteiger partial charge on any atom is -0.378 e. The number of carbonyl (C=O) groups is 2. The highest BCUT2D eigenvalue weighted by Gasteiger charge is 2.36. The average molecular weight is 571 g/mol. The third-order valence-corrected chi connectivity index (χ3v) is 9.52. The van der Waals surface area contributed by atoms with E-state index in [1.54, 1.807) is 16.2 Å². The van der Waals surface area contributed by atoms with Crippen LogP contribution in [0.4, 0.5) is 5.69 Å². The summed E-state index contributed by atoms with van der Waals surface area (Å²) in [6.45, 7) is 3.99. The molecule has 3 heterocycles. The Balaban J connectivity index is 1.31. The summed E-state index contributed by atoms with van der Waals surface area (Å²) in [5, 5.41) is 12.2. The molecule has 0 bridgehead atoms. The van der Waals surface area contributed by atoms with Crippen molar-refractivity contribution >= 4 is 46.1 Å². The van der Waals surface area contributed by atoms with Crippen molar-refractivity contribution in [3.63, 3.8) is 0 Å². The first-order valence-electron chi connectivity index (χ1n) is 13.9. The van der Waals surface area contributed by atoms with Crippen LogP contribution < -0.4 is 16.0 Å². The average Bonchev–Trinajstić information content (AvgIpc) is 3.52. The number of nitrogens with one attached hydrogen (secondary N) is 3. The van der Waals surface area contributed by atoms with Gasteiger partial charge >= 0.3 is 0 Å². The van der Waals surface area contributed by atoms with Gasteiger partial charge < -0.3 is 25.8 Å². The topological polar surface area (TPSA) is 89.6 Å². The van der Waals surface area contributed by atoms with Crippen LogP contribution in [0.15, 0.2) is 24.3 Å². The molecule has 39 heavy (non-hydrogen) atoms. The molecule has 2 amide bonds. The zero-order chi connectivity index (χ0) is 27.7. The molecule has 1 aliphatic carbocycles. The first-order valence-corrected chi connectivity index (χ1v) is 15.1. The van der Waals surface area contributed by atoms with Gasteiger partial charge in [-0.15, -0.1) is 11.3 Å². The predicted octanol–water partition coefficient (Wildman–Crippen LogP) is 3.90. The van der Waals surface area contributed by atoms with Gasteiger partial charge in [-0.25, -0.2) is 4.98 Å². The van der Waals surface area contributed by atoms with Crippen molar-refractivity contribution in [3.8, 4) is 0 Å². The quantitative estimate of drug-likeness (QED) is 0.468. The molecule has 3 N–H and O–H groups in total. The minimum absolute atomic E-state index is 0.00304. The Morgan fingerprint density at radius 2 is 2.08 bits per heavy atom. The van der Waals surface area contributed by atoms with Crippen LogP contribution in [0, 0.1) is 5.92 Å². The zero-order valence-corrected chi connectivity index (χ0v) is 24.8. The van der Waals surface area contributed by atoms with Crippen molar-refractivity contribution < 1.29 is 9.59 Å². The first kappa shape index (κ1) is 27.9. The number of fused-ring (bicyclic) bond motifs is 2. The van der Waals surface area contributed by atoms with Gasteiger partial charge in [-0.1, -0.05) is 17.7 Å². The number of rotatable bonds is 7. The van der Waals surface area contributed by atoms with E-state index in [4.69, 9.17) is 16.6 Å². The van der Waals surface area contributed by atoms with Crippen LogP contribution in [0.3, 0.4) is 0 Å². The number of carbonyl (C=O) groups excluding carboxylic acids is 2. The number of aromatic nitrogens is 1. The molecule has 2 aliphatic heterocycles. The molecule has 4 atom stereocenters. The highest BCUT2D eigenvalue weighted by Crippen LogP contribution is 2.33. The maximum Gasteiger partial charge on any atom is 0.243 e. The van der Waals surface area contributed by atoms with E-state index in [0.29, 0.717) is 17.9 Å². The van der Waals surface area contributed by atoms with Crippen molar-refractivity contribution in [2.75, 3.05) is 33.0 Å². The van der Waals surface area contributed by atoms with E-state index in [9.17, 15) is 9.59 Å². The Kier molecular flexibility index (Phi) is 8.49. The lowest BCUT2D eigenvalue weighted by Crippen LogP contribution is -2.55. The van der Waals surface area contributed by atoms with Crippen molar-refractivity contribution in [3.05, 3.63) is 50.4 Å². The summed E-state index contributed by atoms with van der Waals surface area (Å²) < 4.78 is 0. The number of halogens is 1. The second kappa shape index (κ2) is 11.9. The molecule has 1 unspecified atom stereocenters. The van der Waals surface area contributed by atoms with E-state index in [2.05, 4.69) is 34.0 Å². The maximum atomic E-state index is 13.4. The van der Waals surface area contributed by atoms with Crippen molar-refractivity contribution in [1.82, 2.24) is 25.4 Å². The van der Waals surface area contributed by atoms with Crippen LogP contribution in [0.1, 0.15) is 53.7 Å². The van der Waals surface area contributed by atoms with E-state index < -0.39 is 0 Å².